The van der Waals surface area contributed by atoms with Crippen LogP contribution in [0.1, 0.15) is 35.3 Å². The van der Waals surface area contributed by atoms with Gasteiger partial charge in [0.25, 0.3) is 5.91 Å². The van der Waals surface area contributed by atoms with Gasteiger partial charge in [-0.25, -0.2) is 4.98 Å². The van der Waals surface area contributed by atoms with Gasteiger partial charge in [0.15, 0.2) is 0 Å². The molecule has 0 aliphatic carbocycles. The molecule has 1 heterocycles. The average molecular weight is 310 g/mol. The maximum Gasteiger partial charge on any atom is 0.253 e. The molecule has 1 aromatic carbocycles. The van der Waals surface area contributed by atoms with E-state index in [0.29, 0.717) is 10.6 Å². The van der Waals surface area contributed by atoms with Crippen molar-refractivity contribution in [1.29, 1.82) is 0 Å². The molecule has 1 amide bonds. The maximum absolute atomic E-state index is 12.4. The molecular weight excluding hydrogens is 294 g/mol. The number of hydrogen-bond acceptors (Lipinski definition) is 4. The van der Waals surface area contributed by atoms with E-state index in [2.05, 4.69) is 15.6 Å². The van der Waals surface area contributed by atoms with E-state index in [1.165, 1.54) is 11.3 Å². The molecule has 0 aliphatic heterocycles. The molecule has 1 aromatic heterocycles. The predicted molar refractivity (Wildman–Crippen MR) is 83.6 cm³/mol. The van der Waals surface area contributed by atoms with Crippen molar-refractivity contribution in [3.8, 4) is 0 Å². The van der Waals surface area contributed by atoms with Crippen LogP contribution in [0.3, 0.4) is 0 Å². The number of hydrogen-bond donors (Lipinski definition) is 2. The van der Waals surface area contributed by atoms with Gasteiger partial charge in [0.1, 0.15) is 5.01 Å². The number of nitrogens with one attached hydrogen (secondary N) is 2. The van der Waals surface area contributed by atoms with Crippen molar-refractivity contribution in [2.45, 2.75) is 19.9 Å². The first kappa shape index (κ1) is 14.8. The number of halogens is 1. The van der Waals surface area contributed by atoms with Crippen LogP contribution in [0.2, 0.25) is 5.02 Å². The van der Waals surface area contributed by atoms with Crippen molar-refractivity contribution >= 4 is 34.5 Å². The Morgan fingerprint density at radius 2 is 2.30 bits per heavy atom. The number of anilines is 1. The van der Waals surface area contributed by atoms with E-state index in [-0.39, 0.29) is 11.9 Å². The van der Waals surface area contributed by atoms with E-state index in [9.17, 15) is 4.79 Å². The fourth-order valence-corrected chi connectivity index (χ4v) is 2.65. The lowest BCUT2D eigenvalue weighted by Crippen LogP contribution is -2.27. The number of carbonyl (C=O) groups excluding carboxylic acids is 1. The SMILES string of the molecule is CCNc1ccc(Cl)cc1C(=O)NC(C)c1nccs1. The third-order valence-electron chi connectivity index (χ3n) is 2.76. The van der Waals surface area contributed by atoms with E-state index in [1.54, 1.807) is 18.3 Å². The second kappa shape index (κ2) is 6.72. The minimum Gasteiger partial charge on any atom is -0.385 e. The minimum atomic E-state index is -0.161. The van der Waals surface area contributed by atoms with Crippen molar-refractivity contribution in [2.24, 2.45) is 0 Å². The molecule has 0 saturated heterocycles. The van der Waals surface area contributed by atoms with Crippen LogP contribution >= 0.6 is 22.9 Å². The van der Waals surface area contributed by atoms with Gasteiger partial charge in [-0.1, -0.05) is 11.6 Å². The van der Waals surface area contributed by atoms with Crippen molar-refractivity contribution in [2.75, 3.05) is 11.9 Å². The summed E-state index contributed by atoms with van der Waals surface area (Å²) < 4.78 is 0. The molecule has 2 rings (SSSR count). The van der Waals surface area contributed by atoms with Gasteiger partial charge in [-0.2, -0.15) is 0 Å². The predicted octanol–water partition coefficient (Wildman–Crippen LogP) is 3.72. The van der Waals surface area contributed by atoms with E-state index >= 15 is 0 Å². The van der Waals surface area contributed by atoms with E-state index in [0.717, 1.165) is 17.2 Å². The zero-order valence-electron chi connectivity index (χ0n) is 11.3. The first-order valence-corrected chi connectivity index (χ1v) is 7.61. The molecule has 1 unspecified atom stereocenters. The largest absolute Gasteiger partial charge is 0.385 e. The second-order valence-electron chi connectivity index (χ2n) is 4.29. The number of rotatable bonds is 5. The Hall–Kier alpha value is -1.59. The first-order chi connectivity index (χ1) is 9.61. The second-order valence-corrected chi connectivity index (χ2v) is 5.65. The molecule has 0 saturated carbocycles. The Labute approximate surface area is 127 Å². The third kappa shape index (κ3) is 3.49. The molecule has 0 aliphatic rings. The molecule has 6 heteroatoms. The molecule has 2 aromatic rings. The van der Waals surface area contributed by atoms with Crippen LogP contribution in [0.5, 0.6) is 0 Å². The van der Waals surface area contributed by atoms with Gasteiger partial charge in [0.05, 0.1) is 11.6 Å². The lowest BCUT2D eigenvalue weighted by Gasteiger charge is -2.14. The number of carbonyl (C=O) groups is 1. The maximum atomic E-state index is 12.4. The van der Waals surface area contributed by atoms with E-state index < -0.39 is 0 Å². The third-order valence-corrected chi connectivity index (χ3v) is 3.96. The van der Waals surface area contributed by atoms with Crippen LogP contribution in [0.4, 0.5) is 5.69 Å². The quantitative estimate of drug-likeness (QED) is 0.885. The molecule has 1 atom stereocenters. The Kier molecular flexibility index (Phi) is 4.98. The Morgan fingerprint density at radius 3 is 2.95 bits per heavy atom. The zero-order chi connectivity index (χ0) is 14.5. The summed E-state index contributed by atoms with van der Waals surface area (Å²) in [5, 5.41) is 9.41. The lowest BCUT2D eigenvalue weighted by molar-refractivity contribution is 0.0940. The molecule has 106 valence electrons. The number of benzene rings is 1. The Morgan fingerprint density at radius 1 is 1.50 bits per heavy atom. The van der Waals surface area contributed by atoms with Gasteiger partial charge in [0.2, 0.25) is 0 Å². The highest BCUT2D eigenvalue weighted by Gasteiger charge is 2.16. The Balaban J connectivity index is 2.18. The molecule has 4 nitrogen and oxygen atoms in total. The summed E-state index contributed by atoms with van der Waals surface area (Å²) in [4.78, 5) is 16.6. The van der Waals surface area contributed by atoms with Gasteiger partial charge in [0, 0.05) is 28.8 Å². The van der Waals surface area contributed by atoms with Crippen LogP contribution in [0.15, 0.2) is 29.8 Å². The molecule has 2 N–H and O–H groups in total. The van der Waals surface area contributed by atoms with Crippen LogP contribution in [-0.2, 0) is 0 Å². The van der Waals surface area contributed by atoms with Crippen molar-refractivity contribution in [3.05, 3.63) is 45.4 Å². The summed E-state index contributed by atoms with van der Waals surface area (Å²) in [5.41, 5.74) is 1.32. The molecule has 0 fully saturated rings. The van der Waals surface area contributed by atoms with Gasteiger partial charge < -0.3 is 10.6 Å². The smallest absolute Gasteiger partial charge is 0.253 e. The molecule has 0 radical (unpaired) electrons. The molecule has 0 spiro atoms. The normalized spacial score (nSPS) is 11.9. The standard InChI is InChI=1S/C14H16ClN3OS/c1-3-16-12-5-4-10(15)8-11(12)13(19)18-9(2)14-17-6-7-20-14/h4-9,16H,3H2,1-2H3,(H,18,19). The van der Waals surface area contributed by atoms with Crippen LogP contribution in [0, 0.1) is 0 Å². The summed E-state index contributed by atoms with van der Waals surface area (Å²) in [6.45, 7) is 4.63. The lowest BCUT2D eigenvalue weighted by atomic mass is 10.1. The highest BCUT2D eigenvalue weighted by Crippen LogP contribution is 2.22. The fourth-order valence-electron chi connectivity index (χ4n) is 1.83. The monoisotopic (exact) mass is 309 g/mol. The Bertz CT molecular complexity index is 586. The van der Waals surface area contributed by atoms with Gasteiger partial charge in [-0.05, 0) is 32.0 Å². The van der Waals surface area contributed by atoms with Crippen molar-refractivity contribution < 1.29 is 4.79 Å². The molecule has 0 bridgehead atoms. The number of amides is 1. The van der Waals surface area contributed by atoms with E-state index in [4.69, 9.17) is 11.6 Å². The number of nitrogens with zero attached hydrogens (tertiary/aromatic N) is 1. The van der Waals surface area contributed by atoms with E-state index in [1.807, 2.05) is 25.3 Å². The van der Waals surface area contributed by atoms with Gasteiger partial charge in [-0.3, -0.25) is 4.79 Å². The number of thiazole rings is 1. The summed E-state index contributed by atoms with van der Waals surface area (Å²) in [6.07, 6.45) is 1.73. The average Bonchev–Trinajstić information content (AvgIpc) is 2.95. The van der Waals surface area contributed by atoms with Crippen LogP contribution in [0.25, 0.3) is 0 Å². The molecule has 20 heavy (non-hydrogen) atoms. The topological polar surface area (TPSA) is 54.0 Å². The van der Waals surface area contributed by atoms with Crippen molar-refractivity contribution in [3.63, 3.8) is 0 Å². The highest BCUT2D eigenvalue weighted by molar-refractivity contribution is 7.09. The van der Waals surface area contributed by atoms with Crippen LogP contribution in [-0.4, -0.2) is 17.4 Å². The minimum absolute atomic E-state index is 0.129. The summed E-state index contributed by atoms with van der Waals surface area (Å²) in [5.74, 6) is -0.161. The summed E-state index contributed by atoms with van der Waals surface area (Å²) in [6, 6.07) is 5.12. The van der Waals surface area contributed by atoms with Gasteiger partial charge >= 0.3 is 0 Å². The molecular formula is C14H16ClN3OS. The first-order valence-electron chi connectivity index (χ1n) is 6.35. The zero-order valence-corrected chi connectivity index (χ0v) is 12.9. The van der Waals surface area contributed by atoms with Crippen LogP contribution < -0.4 is 10.6 Å². The van der Waals surface area contributed by atoms with Crippen molar-refractivity contribution in [1.82, 2.24) is 10.3 Å². The number of aromatic nitrogens is 1. The fraction of sp³-hybridized carbons (Fsp3) is 0.286. The highest BCUT2D eigenvalue weighted by atomic mass is 35.5. The van der Waals surface area contributed by atoms with Gasteiger partial charge in [-0.15, -0.1) is 11.3 Å². The summed E-state index contributed by atoms with van der Waals surface area (Å²) >= 11 is 7.50. The summed E-state index contributed by atoms with van der Waals surface area (Å²) in [7, 11) is 0.